The van der Waals surface area contributed by atoms with Crippen molar-refractivity contribution in [1.29, 1.82) is 0 Å². The summed E-state index contributed by atoms with van der Waals surface area (Å²) in [4.78, 5) is 4.73. The molecule has 17 heavy (non-hydrogen) atoms. The molecule has 0 atom stereocenters. The van der Waals surface area contributed by atoms with Crippen LogP contribution in [0.15, 0.2) is 0 Å². The molecule has 4 nitrogen and oxygen atoms in total. The Bertz CT molecular complexity index is 176. The summed E-state index contributed by atoms with van der Waals surface area (Å²) in [6.07, 6.45) is 3.92. The van der Waals surface area contributed by atoms with E-state index in [9.17, 15) is 0 Å². The fourth-order valence-corrected chi connectivity index (χ4v) is 2.42. The summed E-state index contributed by atoms with van der Waals surface area (Å²) in [6.45, 7) is 7.88. The van der Waals surface area contributed by atoms with E-state index < -0.39 is 0 Å². The summed E-state index contributed by atoms with van der Waals surface area (Å²) in [5.41, 5.74) is 5.57. The molecule has 1 fully saturated rings. The number of nitrogens with one attached hydrogen (secondary N) is 1. The predicted molar refractivity (Wildman–Crippen MR) is 74.3 cm³/mol. The lowest BCUT2D eigenvalue weighted by Gasteiger charge is -2.31. The molecule has 0 unspecified atom stereocenters. The number of rotatable bonds is 8. The molecule has 1 saturated heterocycles. The molecule has 0 spiro atoms. The Morgan fingerprint density at radius 2 is 2.00 bits per heavy atom. The highest BCUT2D eigenvalue weighted by atomic mass is 15.1. The lowest BCUT2D eigenvalue weighted by molar-refractivity contribution is 0.186. The first kappa shape index (κ1) is 14.9. The predicted octanol–water partition coefficient (Wildman–Crippen LogP) is 0.198. The molecule has 1 heterocycles. The van der Waals surface area contributed by atoms with Crippen molar-refractivity contribution < 1.29 is 0 Å². The minimum Gasteiger partial charge on any atom is -0.329 e. The maximum absolute atomic E-state index is 5.57. The largest absolute Gasteiger partial charge is 0.329 e. The highest BCUT2D eigenvalue weighted by Gasteiger charge is 2.17. The number of hydrogen-bond acceptors (Lipinski definition) is 4. The van der Waals surface area contributed by atoms with Gasteiger partial charge in [-0.1, -0.05) is 0 Å². The van der Waals surface area contributed by atoms with E-state index in [1.54, 1.807) is 0 Å². The second-order valence-corrected chi connectivity index (χ2v) is 5.43. The van der Waals surface area contributed by atoms with Crippen LogP contribution in [0.4, 0.5) is 0 Å². The Morgan fingerprint density at radius 1 is 1.29 bits per heavy atom. The van der Waals surface area contributed by atoms with Crippen LogP contribution in [-0.4, -0.2) is 69.7 Å². The maximum atomic E-state index is 5.57. The first-order valence-corrected chi connectivity index (χ1v) is 7.00. The van der Waals surface area contributed by atoms with Crippen molar-refractivity contribution in [2.75, 3.05) is 59.9 Å². The Balaban J connectivity index is 1.95. The van der Waals surface area contributed by atoms with Gasteiger partial charge in [-0.05, 0) is 72.0 Å². The van der Waals surface area contributed by atoms with Gasteiger partial charge >= 0.3 is 0 Å². The van der Waals surface area contributed by atoms with Crippen LogP contribution in [0.25, 0.3) is 0 Å². The molecule has 102 valence electrons. The second-order valence-electron chi connectivity index (χ2n) is 5.43. The first-order valence-electron chi connectivity index (χ1n) is 7.00. The van der Waals surface area contributed by atoms with Gasteiger partial charge in [0.2, 0.25) is 0 Å². The lowest BCUT2D eigenvalue weighted by Crippen LogP contribution is -2.39. The standard InChI is InChI=1S/C13H30N4/c1-16(2)8-3-7-15-12-13-4-9-17(10-5-13)11-6-14/h13,15H,3-12,14H2,1-2H3. The van der Waals surface area contributed by atoms with E-state index in [0.29, 0.717) is 0 Å². The topological polar surface area (TPSA) is 44.5 Å². The number of hydrogen-bond donors (Lipinski definition) is 2. The first-order chi connectivity index (χ1) is 8.22. The van der Waals surface area contributed by atoms with Crippen LogP contribution in [0.1, 0.15) is 19.3 Å². The zero-order valence-electron chi connectivity index (χ0n) is 11.6. The molecule has 1 aliphatic heterocycles. The SMILES string of the molecule is CN(C)CCCNCC1CCN(CCN)CC1. The van der Waals surface area contributed by atoms with E-state index in [4.69, 9.17) is 5.73 Å². The molecule has 0 amide bonds. The zero-order chi connectivity index (χ0) is 12.5. The Morgan fingerprint density at radius 3 is 2.59 bits per heavy atom. The summed E-state index contributed by atoms with van der Waals surface area (Å²) < 4.78 is 0. The van der Waals surface area contributed by atoms with Crippen molar-refractivity contribution in [3.8, 4) is 0 Å². The Hall–Kier alpha value is -0.160. The van der Waals surface area contributed by atoms with Gasteiger partial charge in [0.05, 0.1) is 0 Å². The minimum atomic E-state index is 0.799. The Labute approximate surface area is 107 Å². The van der Waals surface area contributed by atoms with Crippen LogP contribution >= 0.6 is 0 Å². The third kappa shape index (κ3) is 6.99. The van der Waals surface area contributed by atoms with Crippen LogP contribution in [0.3, 0.4) is 0 Å². The average Bonchev–Trinajstić information content (AvgIpc) is 2.31. The van der Waals surface area contributed by atoms with Gasteiger partial charge in [0.25, 0.3) is 0 Å². The van der Waals surface area contributed by atoms with Gasteiger partial charge in [0, 0.05) is 13.1 Å². The fourth-order valence-electron chi connectivity index (χ4n) is 2.42. The lowest BCUT2D eigenvalue weighted by atomic mass is 9.97. The molecule has 0 saturated carbocycles. The number of nitrogens with two attached hydrogens (primary N) is 1. The van der Waals surface area contributed by atoms with E-state index in [1.807, 2.05) is 0 Å². The molecule has 0 bridgehead atoms. The molecule has 3 N–H and O–H groups in total. The van der Waals surface area contributed by atoms with Gasteiger partial charge in [-0.2, -0.15) is 0 Å². The number of nitrogens with zero attached hydrogens (tertiary/aromatic N) is 2. The van der Waals surface area contributed by atoms with Crippen molar-refractivity contribution in [2.24, 2.45) is 11.7 Å². The van der Waals surface area contributed by atoms with Crippen molar-refractivity contribution in [3.63, 3.8) is 0 Å². The second kappa shape index (κ2) is 8.86. The third-order valence-electron chi connectivity index (χ3n) is 3.54. The van der Waals surface area contributed by atoms with Gasteiger partial charge in [-0.25, -0.2) is 0 Å². The van der Waals surface area contributed by atoms with E-state index in [1.165, 1.54) is 45.4 Å². The van der Waals surface area contributed by atoms with E-state index in [-0.39, 0.29) is 0 Å². The fraction of sp³-hybridized carbons (Fsp3) is 1.00. The quantitative estimate of drug-likeness (QED) is 0.597. The van der Waals surface area contributed by atoms with Gasteiger partial charge in [-0.15, -0.1) is 0 Å². The molecule has 0 aromatic rings. The van der Waals surface area contributed by atoms with E-state index >= 15 is 0 Å². The van der Waals surface area contributed by atoms with Crippen molar-refractivity contribution in [1.82, 2.24) is 15.1 Å². The minimum absolute atomic E-state index is 0.799. The van der Waals surface area contributed by atoms with Crippen molar-refractivity contribution in [2.45, 2.75) is 19.3 Å². The molecular formula is C13H30N4. The summed E-state index contributed by atoms with van der Waals surface area (Å²) in [7, 11) is 4.26. The van der Waals surface area contributed by atoms with Gasteiger partial charge in [-0.3, -0.25) is 0 Å². The van der Waals surface area contributed by atoms with E-state index in [0.717, 1.165) is 25.6 Å². The molecule has 0 radical (unpaired) electrons. The highest BCUT2D eigenvalue weighted by Crippen LogP contribution is 2.15. The maximum Gasteiger partial charge on any atom is 0.0105 e. The molecule has 1 rings (SSSR count). The summed E-state index contributed by atoms with van der Waals surface area (Å²) in [5, 5.41) is 3.59. The zero-order valence-corrected chi connectivity index (χ0v) is 11.6. The van der Waals surface area contributed by atoms with E-state index in [2.05, 4.69) is 29.2 Å². The van der Waals surface area contributed by atoms with Crippen LogP contribution in [-0.2, 0) is 0 Å². The van der Waals surface area contributed by atoms with Crippen molar-refractivity contribution >= 4 is 0 Å². The molecular weight excluding hydrogens is 212 g/mol. The number of piperidine rings is 1. The monoisotopic (exact) mass is 242 g/mol. The summed E-state index contributed by atoms with van der Waals surface area (Å²) in [6, 6.07) is 0. The number of likely N-dealkylation sites (tertiary alicyclic amines) is 1. The third-order valence-corrected chi connectivity index (χ3v) is 3.54. The molecule has 0 aromatic heterocycles. The normalized spacial score (nSPS) is 19.1. The summed E-state index contributed by atoms with van der Waals surface area (Å²) in [5.74, 6) is 0.878. The molecule has 0 aliphatic carbocycles. The molecule has 4 heteroatoms. The van der Waals surface area contributed by atoms with Crippen LogP contribution in [0.2, 0.25) is 0 Å². The van der Waals surface area contributed by atoms with Gasteiger partial charge < -0.3 is 20.9 Å². The van der Waals surface area contributed by atoms with Gasteiger partial charge in [0.15, 0.2) is 0 Å². The van der Waals surface area contributed by atoms with Crippen LogP contribution < -0.4 is 11.1 Å². The molecule has 1 aliphatic rings. The average molecular weight is 242 g/mol. The van der Waals surface area contributed by atoms with Gasteiger partial charge in [0.1, 0.15) is 0 Å². The van der Waals surface area contributed by atoms with Crippen molar-refractivity contribution in [3.05, 3.63) is 0 Å². The Kier molecular flexibility index (Phi) is 7.77. The molecule has 0 aromatic carbocycles. The smallest absolute Gasteiger partial charge is 0.0105 e. The highest BCUT2D eigenvalue weighted by molar-refractivity contribution is 4.73. The summed E-state index contributed by atoms with van der Waals surface area (Å²) >= 11 is 0. The van der Waals surface area contributed by atoms with Crippen LogP contribution in [0, 0.1) is 5.92 Å². The van der Waals surface area contributed by atoms with Crippen LogP contribution in [0.5, 0.6) is 0 Å².